The summed E-state index contributed by atoms with van der Waals surface area (Å²) in [5.74, 6) is -0.149. The van der Waals surface area contributed by atoms with Gasteiger partial charge >= 0.3 is 0 Å². The number of nitrogens with one attached hydrogen (secondary N) is 1. The van der Waals surface area contributed by atoms with Gasteiger partial charge in [0.15, 0.2) is 0 Å². The van der Waals surface area contributed by atoms with Gasteiger partial charge in [-0.25, -0.2) is 5.43 Å². The van der Waals surface area contributed by atoms with Gasteiger partial charge in [0.25, 0.3) is 0 Å². The fraction of sp³-hybridized carbons (Fsp3) is 0.176. The monoisotopic (exact) mass is 408 g/mol. The lowest BCUT2D eigenvalue weighted by Gasteiger charge is -2.08. The molecule has 0 radical (unpaired) electrons. The largest absolute Gasteiger partial charge is 0.508 e. The Labute approximate surface area is 152 Å². The molecule has 0 saturated heterocycles. The van der Waals surface area contributed by atoms with Gasteiger partial charge in [0.05, 0.1) is 12.0 Å². The minimum atomic E-state index is -0.241. The molecule has 7 heteroatoms. The Balaban J connectivity index is 1.90. The summed E-state index contributed by atoms with van der Waals surface area (Å²) in [4.78, 5) is 12.9. The third-order valence-electron chi connectivity index (χ3n) is 3.22. The number of nitrogens with zero attached hydrogens (tertiary/aromatic N) is 1. The topological polar surface area (TPSA) is 81.9 Å². The summed E-state index contributed by atoms with van der Waals surface area (Å²) >= 11 is 4.92. The van der Waals surface area contributed by atoms with Crippen molar-refractivity contribution in [3.8, 4) is 11.5 Å². The highest BCUT2D eigenvalue weighted by Gasteiger charge is 2.07. The van der Waals surface area contributed by atoms with Gasteiger partial charge in [-0.2, -0.15) is 5.10 Å². The van der Waals surface area contributed by atoms with Crippen molar-refractivity contribution in [2.45, 2.75) is 18.7 Å². The van der Waals surface area contributed by atoms with Crippen LogP contribution in [0.15, 0.2) is 44.8 Å². The Hall–Kier alpha value is -1.99. The summed E-state index contributed by atoms with van der Waals surface area (Å²) in [6, 6.07) is 8.20. The van der Waals surface area contributed by atoms with Crippen LogP contribution in [0.2, 0.25) is 0 Å². The number of rotatable bonds is 5. The normalized spacial score (nSPS) is 11.0. The molecule has 0 aliphatic heterocycles. The maximum atomic E-state index is 11.9. The average Bonchev–Trinajstić information content (AvgIpc) is 2.51. The molecule has 0 aromatic heterocycles. The van der Waals surface area contributed by atoms with Crippen molar-refractivity contribution in [2.24, 2.45) is 5.10 Å². The summed E-state index contributed by atoms with van der Waals surface area (Å²) in [5, 5.41) is 22.6. The second-order valence-corrected chi connectivity index (χ2v) is 7.06. The van der Waals surface area contributed by atoms with E-state index in [9.17, 15) is 15.0 Å². The number of benzene rings is 2. The summed E-state index contributed by atoms with van der Waals surface area (Å²) in [6.45, 7) is 4.00. The number of carbonyl (C=O) groups is 1. The van der Waals surface area contributed by atoms with E-state index in [0.717, 1.165) is 20.5 Å². The van der Waals surface area contributed by atoms with Crippen LogP contribution < -0.4 is 5.43 Å². The maximum absolute atomic E-state index is 11.9. The Morgan fingerprint density at radius 2 is 2.00 bits per heavy atom. The molecule has 2 rings (SSSR count). The molecule has 3 N–H and O–H groups in total. The van der Waals surface area contributed by atoms with Crippen LogP contribution in [0.25, 0.3) is 0 Å². The summed E-state index contributed by atoms with van der Waals surface area (Å²) in [5.41, 5.74) is 5.03. The Kier molecular flexibility index (Phi) is 6.28. The first kappa shape index (κ1) is 18.4. The molecule has 5 nitrogen and oxygen atoms in total. The van der Waals surface area contributed by atoms with Crippen LogP contribution in [-0.2, 0) is 4.79 Å². The van der Waals surface area contributed by atoms with Gasteiger partial charge in [-0.1, -0.05) is 15.9 Å². The van der Waals surface area contributed by atoms with E-state index < -0.39 is 0 Å². The Bertz CT molecular complexity index is 794. The van der Waals surface area contributed by atoms with Crippen molar-refractivity contribution < 1.29 is 15.0 Å². The van der Waals surface area contributed by atoms with E-state index in [0.29, 0.717) is 5.56 Å². The number of carbonyl (C=O) groups excluding carboxylic acids is 1. The van der Waals surface area contributed by atoms with Crippen molar-refractivity contribution in [3.05, 3.63) is 51.5 Å². The van der Waals surface area contributed by atoms with Crippen molar-refractivity contribution >= 4 is 39.8 Å². The minimum Gasteiger partial charge on any atom is -0.508 e. The minimum absolute atomic E-state index is 0.0368. The number of hydrazone groups is 1. The molecule has 0 aliphatic carbocycles. The van der Waals surface area contributed by atoms with Crippen LogP contribution in [0.5, 0.6) is 11.5 Å². The van der Waals surface area contributed by atoms with Crippen molar-refractivity contribution in [3.63, 3.8) is 0 Å². The Morgan fingerprint density at radius 3 is 2.71 bits per heavy atom. The molecule has 0 aliphatic rings. The highest BCUT2D eigenvalue weighted by Crippen LogP contribution is 2.28. The predicted molar refractivity (Wildman–Crippen MR) is 99.8 cm³/mol. The summed E-state index contributed by atoms with van der Waals surface area (Å²) < 4.78 is 1.05. The second kappa shape index (κ2) is 8.21. The maximum Gasteiger partial charge on any atom is 0.250 e. The van der Waals surface area contributed by atoms with E-state index in [1.165, 1.54) is 36.2 Å². The average molecular weight is 409 g/mol. The van der Waals surface area contributed by atoms with Gasteiger partial charge in [-0.15, -0.1) is 11.8 Å². The fourth-order valence-electron chi connectivity index (χ4n) is 1.90. The number of amides is 1. The molecular weight excluding hydrogens is 392 g/mol. The van der Waals surface area contributed by atoms with Gasteiger partial charge < -0.3 is 10.2 Å². The molecule has 1 amide bonds. The highest BCUT2D eigenvalue weighted by molar-refractivity contribution is 9.10. The SMILES string of the molecule is Cc1cc(SCC(=O)NN=Cc2ccc(O)cc2O)c(C)cc1Br. The molecular formula is C17H17BrN2O3S. The number of phenolic OH excluding ortho intramolecular Hbond substituents is 2. The highest BCUT2D eigenvalue weighted by atomic mass is 79.9. The van der Waals surface area contributed by atoms with Crippen LogP contribution in [0.1, 0.15) is 16.7 Å². The molecule has 0 heterocycles. The number of halogens is 1. The van der Waals surface area contributed by atoms with E-state index in [2.05, 4.69) is 26.5 Å². The lowest BCUT2D eigenvalue weighted by atomic mass is 10.2. The molecule has 0 saturated carbocycles. The molecule has 0 unspecified atom stereocenters. The molecule has 126 valence electrons. The lowest BCUT2D eigenvalue weighted by molar-refractivity contribution is -0.118. The third-order valence-corrected chi connectivity index (χ3v) is 5.23. The van der Waals surface area contributed by atoms with Crippen molar-refractivity contribution in [1.82, 2.24) is 5.43 Å². The van der Waals surface area contributed by atoms with Crippen LogP contribution in [0.4, 0.5) is 0 Å². The number of aryl methyl sites for hydroxylation is 2. The van der Waals surface area contributed by atoms with Gasteiger partial charge in [0.2, 0.25) is 5.91 Å². The number of phenols is 2. The van der Waals surface area contributed by atoms with Gasteiger partial charge in [0, 0.05) is 21.0 Å². The van der Waals surface area contributed by atoms with Crippen molar-refractivity contribution in [2.75, 3.05) is 5.75 Å². The van der Waals surface area contributed by atoms with Gasteiger partial charge in [-0.05, 0) is 49.2 Å². The number of hydrogen-bond donors (Lipinski definition) is 3. The molecule has 24 heavy (non-hydrogen) atoms. The van der Waals surface area contributed by atoms with Crippen LogP contribution >= 0.6 is 27.7 Å². The quantitative estimate of drug-likeness (QED) is 0.400. The first-order valence-corrected chi connectivity index (χ1v) is 8.88. The van der Waals surface area contributed by atoms with Crippen LogP contribution in [-0.4, -0.2) is 28.1 Å². The van der Waals surface area contributed by atoms with Gasteiger partial charge in [0.1, 0.15) is 11.5 Å². The van der Waals surface area contributed by atoms with Crippen LogP contribution in [0.3, 0.4) is 0 Å². The smallest absolute Gasteiger partial charge is 0.250 e. The first-order valence-electron chi connectivity index (χ1n) is 7.10. The Morgan fingerprint density at radius 1 is 1.25 bits per heavy atom. The zero-order valence-electron chi connectivity index (χ0n) is 13.2. The zero-order valence-corrected chi connectivity index (χ0v) is 15.6. The number of thioether (sulfide) groups is 1. The molecule has 0 spiro atoms. The lowest BCUT2D eigenvalue weighted by Crippen LogP contribution is -2.19. The van der Waals surface area contributed by atoms with Crippen molar-refractivity contribution in [1.29, 1.82) is 0 Å². The zero-order chi connectivity index (χ0) is 17.7. The summed E-state index contributed by atoms with van der Waals surface area (Å²) in [6.07, 6.45) is 1.33. The number of aromatic hydroxyl groups is 2. The standard InChI is InChI=1S/C17H17BrN2O3S/c1-10-6-16(11(2)5-14(10)18)24-9-17(23)20-19-8-12-3-4-13(21)7-15(12)22/h3-8,21-22H,9H2,1-2H3,(H,20,23). The van der Waals surface area contributed by atoms with Gasteiger partial charge in [-0.3, -0.25) is 4.79 Å². The first-order chi connectivity index (χ1) is 11.4. The van der Waals surface area contributed by atoms with Crippen LogP contribution in [0, 0.1) is 13.8 Å². The summed E-state index contributed by atoms with van der Waals surface area (Å²) in [7, 11) is 0. The molecule has 2 aromatic carbocycles. The number of hydrogen-bond acceptors (Lipinski definition) is 5. The second-order valence-electron chi connectivity index (χ2n) is 5.19. The molecule has 2 aromatic rings. The predicted octanol–water partition coefficient (Wildman–Crippen LogP) is 3.72. The van der Waals surface area contributed by atoms with E-state index in [1.807, 2.05) is 26.0 Å². The third kappa shape index (κ3) is 5.01. The molecule has 0 bridgehead atoms. The molecule has 0 atom stereocenters. The van der Waals surface area contributed by atoms with E-state index in [-0.39, 0.29) is 23.2 Å². The molecule has 0 fully saturated rings. The fourth-order valence-corrected chi connectivity index (χ4v) is 3.26. The van der Waals surface area contributed by atoms with E-state index in [4.69, 9.17) is 0 Å². The van der Waals surface area contributed by atoms with E-state index >= 15 is 0 Å². The van der Waals surface area contributed by atoms with E-state index in [1.54, 1.807) is 0 Å².